The van der Waals surface area contributed by atoms with Crippen molar-refractivity contribution in [3.63, 3.8) is 0 Å². The van der Waals surface area contributed by atoms with Crippen molar-refractivity contribution in [3.05, 3.63) is 59.9 Å². The molecule has 0 radical (unpaired) electrons. The predicted octanol–water partition coefficient (Wildman–Crippen LogP) is 2.83. The second kappa shape index (κ2) is 12.6. The van der Waals surface area contributed by atoms with Gasteiger partial charge in [0.25, 0.3) is 0 Å². The molecule has 152 valence electrons. The van der Waals surface area contributed by atoms with Crippen LogP contribution in [0.5, 0.6) is 0 Å². The molecule has 0 aliphatic carbocycles. The second-order valence-electron chi connectivity index (χ2n) is 6.46. The number of aliphatic imine (C=N–C) groups is 1. The Balaban J connectivity index is 0.00000280. The average molecular weight is 495 g/mol. The molecule has 0 amide bonds. The van der Waals surface area contributed by atoms with Gasteiger partial charge in [0.15, 0.2) is 5.96 Å². The van der Waals surface area contributed by atoms with Crippen LogP contribution in [-0.2, 0) is 17.7 Å². The van der Waals surface area contributed by atoms with Crippen LogP contribution in [0.25, 0.3) is 0 Å². The number of rotatable bonds is 7. The molecule has 1 fully saturated rings. The van der Waals surface area contributed by atoms with E-state index in [9.17, 15) is 0 Å². The van der Waals surface area contributed by atoms with Crippen molar-refractivity contribution >= 4 is 35.6 Å². The zero-order valence-electron chi connectivity index (χ0n) is 16.4. The van der Waals surface area contributed by atoms with Crippen molar-refractivity contribution < 1.29 is 4.74 Å². The summed E-state index contributed by atoms with van der Waals surface area (Å²) in [6.45, 7) is 7.91. The van der Waals surface area contributed by atoms with E-state index in [0.29, 0.717) is 6.54 Å². The lowest BCUT2D eigenvalue weighted by Crippen LogP contribution is -2.38. The summed E-state index contributed by atoms with van der Waals surface area (Å²) in [5.41, 5.74) is 3.54. The highest BCUT2D eigenvalue weighted by Gasteiger charge is 2.10. The quantitative estimate of drug-likeness (QED) is 0.352. The van der Waals surface area contributed by atoms with Crippen LogP contribution in [0.2, 0.25) is 0 Å². The molecule has 28 heavy (non-hydrogen) atoms. The van der Waals surface area contributed by atoms with Gasteiger partial charge >= 0.3 is 0 Å². The highest BCUT2D eigenvalue weighted by Crippen LogP contribution is 2.17. The van der Waals surface area contributed by atoms with Gasteiger partial charge in [0.2, 0.25) is 0 Å². The molecule has 2 heterocycles. The minimum atomic E-state index is 0. The van der Waals surface area contributed by atoms with E-state index in [-0.39, 0.29) is 24.0 Å². The summed E-state index contributed by atoms with van der Waals surface area (Å²) >= 11 is 0. The molecule has 1 aliphatic heterocycles. The number of hydrogen-bond donors (Lipinski definition) is 2. The molecule has 0 spiro atoms. The van der Waals surface area contributed by atoms with Gasteiger partial charge < -0.3 is 20.3 Å². The summed E-state index contributed by atoms with van der Waals surface area (Å²) in [7, 11) is 0. The number of guanidine groups is 1. The van der Waals surface area contributed by atoms with Crippen LogP contribution in [0, 0.1) is 0 Å². The van der Waals surface area contributed by atoms with Crippen molar-refractivity contribution in [1.29, 1.82) is 0 Å². The molecule has 1 aromatic heterocycles. The number of hydrogen-bond acceptors (Lipinski definition) is 4. The molecule has 7 heteroatoms. The van der Waals surface area contributed by atoms with Gasteiger partial charge in [-0.3, -0.25) is 4.98 Å². The summed E-state index contributed by atoms with van der Waals surface area (Å²) in [6, 6.07) is 14.7. The average Bonchev–Trinajstić information content (AvgIpc) is 2.74. The number of nitrogens with zero attached hydrogens (tertiary/aromatic N) is 3. The van der Waals surface area contributed by atoms with Crippen LogP contribution < -0.4 is 15.5 Å². The molecule has 1 aliphatic rings. The third kappa shape index (κ3) is 7.27. The molecule has 2 N–H and O–H groups in total. The lowest BCUT2D eigenvalue weighted by Gasteiger charge is -2.28. The minimum absolute atomic E-state index is 0. The normalized spacial score (nSPS) is 14.3. The molecule has 0 bridgehead atoms. The Morgan fingerprint density at radius 1 is 1.11 bits per heavy atom. The Morgan fingerprint density at radius 2 is 1.89 bits per heavy atom. The second-order valence-corrected chi connectivity index (χ2v) is 6.46. The van der Waals surface area contributed by atoms with Gasteiger partial charge in [0.1, 0.15) is 0 Å². The van der Waals surface area contributed by atoms with Crippen LogP contribution in [0.3, 0.4) is 0 Å². The number of anilines is 1. The molecule has 1 aromatic carbocycles. The monoisotopic (exact) mass is 495 g/mol. The van der Waals surface area contributed by atoms with Crippen LogP contribution in [0.15, 0.2) is 53.7 Å². The van der Waals surface area contributed by atoms with Crippen molar-refractivity contribution in [2.24, 2.45) is 4.99 Å². The van der Waals surface area contributed by atoms with E-state index >= 15 is 0 Å². The molecule has 0 atom stereocenters. The summed E-state index contributed by atoms with van der Waals surface area (Å²) in [6.07, 6.45) is 2.70. The Kier molecular flexibility index (Phi) is 10.1. The van der Waals surface area contributed by atoms with Gasteiger partial charge in [-0.1, -0.05) is 18.2 Å². The Labute approximate surface area is 184 Å². The maximum absolute atomic E-state index is 5.42. The van der Waals surface area contributed by atoms with E-state index in [2.05, 4.69) is 51.7 Å². The summed E-state index contributed by atoms with van der Waals surface area (Å²) in [4.78, 5) is 11.4. The van der Waals surface area contributed by atoms with Crippen molar-refractivity contribution in [1.82, 2.24) is 15.6 Å². The van der Waals surface area contributed by atoms with E-state index in [1.807, 2.05) is 24.4 Å². The van der Waals surface area contributed by atoms with E-state index in [4.69, 9.17) is 9.73 Å². The molecule has 1 saturated heterocycles. The Bertz CT molecular complexity index is 702. The van der Waals surface area contributed by atoms with E-state index in [1.54, 1.807) is 0 Å². The van der Waals surface area contributed by atoms with Crippen molar-refractivity contribution in [2.75, 3.05) is 44.3 Å². The number of nitrogens with one attached hydrogen (secondary N) is 2. The standard InChI is InChI=1S/C21H29N5O.HI/c1-2-22-21(24-12-10-19-5-3-4-11-23-19)25-17-18-6-8-20(9-7-18)26-13-15-27-16-14-26;/h3-9,11H,2,10,12-17H2,1H3,(H2,22,24,25);1H. The summed E-state index contributed by atoms with van der Waals surface area (Å²) in [5, 5.41) is 6.68. The maximum atomic E-state index is 5.42. The van der Waals surface area contributed by atoms with Gasteiger partial charge in [0.05, 0.1) is 19.8 Å². The zero-order valence-corrected chi connectivity index (χ0v) is 18.8. The van der Waals surface area contributed by atoms with E-state index in [0.717, 1.165) is 57.5 Å². The van der Waals surface area contributed by atoms with Gasteiger partial charge in [-0.25, -0.2) is 4.99 Å². The predicted molar refractivity (Wildman–Crippen MR) is 126 cm³/mol. The number of benzene rings is 1. The van der Waals surface area contributed by atoms with E-state index < -0.39 is 0 Å². The third-order valence-corrected chi connectivity index (χ3v) is 4.48. The molecular formula is C21H30IN5O. The lowest BCUT2D eigenvalue weighted by atomic mass is 10.2. The van der Waals surface area contributed by atoms with Gasteiger partial charge in [-0.15, -0.1) is 24.0 Å². The first kappa shape index (κ1) is 22.4. The van der Waals surface area contributed by atoms with Gasteiger partial charge in [-0.2, -0.15) is 0 Å². The largest absolute Gasteiger partial charge is 0.378 e. The molecule has 6 nitrogen and oxygen atoms in total. The molecular weight excluding hydrogens is 465 g/mol. The fraction of sp³-hybridized carbons (Fsp3) is 0.429. The van der Waals surface area contributed by atoms with Gasteiger partial charge in [0, 0.05) is 50.2 Å². The number of pyridine rings is 1. The summed E-state index contributed by atoms with van der Waals surface area (Å²) < 4.78 is 5.42. The van der Waals surface area contributed by atoms with Crippen LogP contribution in [0.4, 0.5) is 5.69 Å². The fourth-order valence-corrected chi connectivity index (χ4v) is 3.00. The molecule has 3 rings (SSSR count). The Morgan fingerprint density at radius 3 is 2.57 bits per heavy atom. The number of halogens is 1. The summed E-state index contributed by atoms with van der Waals surface area (Å²) in [5.74, 6) is 0.839. The highest BCUT2D eigenvalue weighted by molar-refractivity contribution is 14.0. The van der Waals surface area contributed by atoms with Crippen molar-refractivity contribution in [2.45, 2.75) is 19.9 Å². The number of ether oxygens (including phenoxy) is 1. The molecule has 0 saturated carbocycles. The number of morpholine rings is 1. The molecule has 2 aromatic rings. The highest BCUT2D eigenvalue weighted by atomic mass is 127. The minimum Gasteiger partial charge on any atom is -0.378 e. The van der Waals surface area contributed by atoms with Gasteiger partial charge in [-0.05, 0) is 36.8 Å². The van der Waals surface area contributed by atoms with Crippen LogP contribution >= 0.6 is 24.0 Å². The smallest absolute Gasteiger partial charge is 0.191 e. The van der Waals surface area contributed by atoms with Crippen molar-refractivity contribution in [3.8, 4) is 0 Å². The van der Waals surface area contributed by atoms with Crippen LogP contribution in [0.1, 0.15) is 18.2 Å². The fourth-order valence-electron chi connectivity index (χ4n) is 3.00. The lowest BCUT2D eigenvalue weighted by molar-refractivity contribution is 0.122. The topological polar surface area (TPSA) is 61.8 Å². The Hall–Kier alpha value is -1.87. The first-order valence-electron chi connectivity index (χ1n) is 9.69. The SMILES string of the molecule is CCNC(=NCc1ccc(N2CCOCC2)cc1)NCCc1ccccn1.I. The number of aromatic nitrogens is 1. The third-order valence-electron chi connectivity index (χ3n) is 4.48. The maximum Gasteiger partial charge on any atom is 0.191 e. The molecule has 0 unspecified atom stereocenters. The first-order valence-corrected chi connectivity index (χ1v) is 9.69. The zero-order chi connectivity index (χ0) is 18.7. The first-order chi connectivity index (χ1) is 13.3. The van der Waals surface area contributed by atoms with E-state index in [1.165, 1.54) is 11.3 Å². The van der Waals surface area contributed by atoms with Crippen LogP contribution in [-0.4, -0.2) is 50.3 Å².